The zero-order valence-electron chi connectivity index (χ0n) is 11.5. The van der Waals surface area contributed by atoms with Crippen LogP contribution in [0.4, 0.5) is 0 Å². The quantitative estimate of drug-likeness (QED) is 0.794. The molecule has 1 aliphatic rings. The van der Waals surface area contributed by atoms with E-state index in [0.717, 1.165) is 19.4 Å². The van der Waals surface area contributed by atoms with E-state index in [0.29, 0.717) is 18.2 Å². The molecule has 0 unspecified atom stereocenters. The van der Waals surface area contributed by atoms with Gasteiger partial charge >= 0.3 is 0 Å². The van der Waals surface area contributed by atoms with Crippen LogP contribution < -0.4 is 0 Å². The third-order valence-corrected chi connectivity index (χ3v) is 3.81. The molecule has 1 aromatic rings. The number of carbonyl (C=O) groups excluding carboxylic acids is 1. The number of Topliss-reactive ketones (excluding diaryl/α,β-unsaturated/α-hetero) is 1. The molecule has 0 aromatic heterocycles. The summed E-state index contributed by atoms with van der Waals surface area (Å²) >= 11 is 0. The zero-order valence-corrected chi connectivity index (χ0v) is 11.5. The lowest BCUT2D eigenvalue weighted by atomic mass is 10.0. The molecule has 1 aliphatic carbocycles. The molecule has 98 valence electrons. The second kappa shape index (κ2) is 6.14. The van der Waals surface area contributed by atoms with Crippen molar-refractivity contribution >= 4 is 5.78 Å². The van der Waals surface area contributed by atoms with Crippen LogP contribution in [0.25, 0.3) is 0 Å². The Kier molecular flexibility index (Phi) is 4.54. The van der Waals surface area contributed by atoms with Gasteiger partial charge in [0, 0.05) is 12.5 Å². The van der Waals surface area contributed by atoms with E-state index in [4.69, 9.17) is 0 Å². The molecule has 2 nitrogen and oxygen atoms in total. The minimum Gasteiger partial charge on any atom is -0.298 e. The van der Waals surface area contributed by atoms with E-state index in [2.05, 4.69) is 36.1 Å². The van der Waals surface area contributed by atoms with E-state index in [-0.39, 0.29) is 0 Å². The van der Waals surface area contributed by atoms with Crippen LogP contribution >= 0.6 is 0 Å². The lowest BCUT2D eigenvalue weighted by Gasteiger charge is -2.18. The molecule has 0 N–H and O–H groups in total. The van der Waals surface area contributed by atoms with Crippen LogP contribution in [-0.2, 0) is 11.3 Å². The van der Waals surface area contributed by atoms with Crippen LogP contribution in [-0.4, -0.2) is 24.3 Å². The van der Waals surface area contributed by atoms with Crippen LogP contribution in [0.3, 0.4) is 0 Å². The Labute approximate surface area is 110 Å². The molecule has 0 heterocycles. The molecule has 1 saturated carbocycles. The lowest BCUT2D eigenvalue weighted by molar-refractivity contribution is -0.123. The average molecular weight is 245 g/mol. The molecule has 2 rings (SSSR count). The van der Waals surface area contributed by atoms with Crippen molar-refractivity contribution in [3.05, 3.63) is 35.4 Å². The van der Waals surface area contributed by atoms with Crippen LogP contribution in [0.15, 0.2) is 24.3 Å². The summed E-state index contributed by atoms with van der Waals surface area (Å²) in [6.07, 6.45) is 4.69. The number of aryl methyl sites for hydroxylation is 1. The van der Waals surface area contributed by atoms with Gasteiger partial charge in [-0.2, -0.15) is 0 Å². The molecule has 1 fully saturated rings. The highest BCUT2D eigenvalue weighted by Crippen LogP contribution is 2.25. The van der Waals surface area contributed by atoms with Crippen molar-refractivity contribution in [3.8, 4) is 0 Å². The topological polar surface area (TPSA) is 20.3 Å². The fourth-order valence-corrected chi connectivity index (χ4v) is 2.70. The van der Waals surface area contributed by atoms with Crippen molar-refractivity contribution in [2.75, 3.05) is 13.6 Å². The van der Waals surface area contributed by atoms with Gasteiger partial charge in [-0.1, -0.05) is 42.7 Å². The minimum atomic E-state index is 0.338. The van der Waals surface area contributed by atoms with Crippen molar-refractivity contribution in [1.29, 1.82) is 0 Å². The van der Waals surface area contributed by atoms with Gasteiger partial charge in [0.2, 0.25) is 0 Å². The summed E-state index contributed by atoms with van der Waals surface area (Å²) < 4.78 is 0. The van der Waals surface area contributed by atoms with Crippen LogP contribution in [0.2, 0.25) is 0 Å². The molecule has 18 heavy (non-hydrogen) atoms. The summed E-state index contributed by atoms with van der Waals surface area (Å²) in [4.78, 5) is 14.2. The van der Waals surface area contributed by atoms with Crippen LogP contribution in [0.5, 0.6) is 0 Å². The maximum atomic E-state index is 12.1. The van der Waals surface area contributed by atoms with Gasteiger partial charge in [-0.15, -0.1) is 0 Å². The number of carbonyl (C=O) groups is 1. The first-order valence-electron chi connectivity index (χ1n) is 6.92. The SMILES string of the molecule is Cc1ccc(CN(C)CC(=O)C2CCCC2)cc1. The van der Waals surface area contributed by atoms with Gasteiger partial charge in [0.15, 0.2) is 0 Å². The highest BCUT2D eigenvalue weighted by Gasteiger charge is 2.23. The first-order valence-corrected chi connectivity index (χ1v) is 6.92. The first-order chi connectivity index (χ1) is 8.65. The number of rotatable bonds is 5. The standard InChI is InChI=1S/C16H23NO/c1-13-7-9-14(10-8-13)11-17(2)12-16(18)15-5-3-4-6-15/h7-10,15H,3-6,11-12H2,1-2H3. The maximum absolute atomic E-state index is 12.1. The maximum Gasteiger partial charge on any atom is 0.149 e. The van der Waals surface area contributed by atoms with E-state index in [1.54, 1.807) is 0 Å². The Balaban J connectivity index is 1.82. The highest BCUT2D eigenvalue weighted by molar-refractivity contribution is 5.83. The van der Waals surface area contributed by atoms with E-state index < -0.39 is 0 Å². The Hall–Kier alpha value is -1.15. The number of likely N-dealkylation sites (N-methyl/N-ethyl adjacent to an activating group) is 1. The number of ketones is 1. The molecule has 0 spiro atoms. The second-order valence-corrected chi connectivity index (χ2v) is 5.61. The van der Waals surface area contributed by atoms with E-state index in [1.807, 2.05) is 7.05 Å². The number of hydrogen-bond acceptors (Lipinski definition) is 2. The van der Waals surface area contributed by atoms with Gasteiger partial charge in [-0.3, -0.25) is 9.69 Å². The zero-order chi connectivity index (χ0) is 13.0. The molecule has 0 bridgehead atoms. The van der Waals surface area contributed by atoms with Gasteiger partial charge in [-0.25, -0.2) is 0 Å². The second-order valence-electron chi connectivity index (χ2n) is 5.61. The predicted molar refractivity (Wildman–Crippen MR) is 74.5 cm³/mol. The summed E-state index contributed by atoms with van der Waals surface area (Å²) in [6.45, 7) is 3.55. The van der Waals surface area contributed by atoms with Gasteiger partial charge in [0.05, 0.1) is 6.54 Å². The molecule has 0 aliphatic heterocycles. The fourth-order valence-electron chi connectivity index (χ4n) is 2.70. The van der Waals surface area contributed by atoms with Crippen molar-refractivity contribution in [2.45, 2.75) is 39.2 Å². The monoisotopic (exact) mass is 245 g/mol. The molecular weight excluding hydrogens is 222 g/mol. The summed E-state index contributed by atoms with van der Waals surface area (Å²) in [5.41, 5.74) is 2.56. The summed E-state index contributed by atoms with van der Waals surface area (Å²) in [7, 11) is 2.03. The molecule has 1 aromatic carbocycles. The van der Waals surface area contributed by atoms with Gasteiger partial charge < -0.3 is 0 Å². The Morgan fingerprint density at radius 1 is 1.22 bits per heavy atom. The van der Waals surface area contributed by atoms with Gasteiger partial charge in [0.1, 0.15) is 5.78 Å². The minimum absolute atomic E-state index is 0.338. The number of nitrogens with zero attached hydrogens (tertiary/aromatic N) is 1. The predicted octanol–water partition coefficient (Wildman–Crippen LogP) is 3.19. The summed E-state index contributed by atoms with van der Waals surface area (Å²) in [6, 6.07) is 8.54. The molecule has 2 heteroatoms. The Morgan fingerprint density at radius 2 is 1.83 bits per heavy atom. The van der Waals surface area contributed by atoms with Crippen molar-refractivity contribution in [2.24, 2.45) is 5.92 Å². The van der Waals surface area contributed by atoms with E-state index >= 15 is 0 Å². The van der Waals surface area contributed by atoms with E-state index in [1.165, 1.54) is 24.0 Å². The first kappa shape index (κ1) is 13.3. The summed E-state index contributed by atoms with van der Waals surface area (Å²) in [5.74, 6) is 0.771. The lowest BCUT2D eigenvalue weighted by Crippen LogP contribution is -2.29. The molecule has 0 saturated heterocycles. The van der Waals surface area contributed by atoms with Crippen molar-refractivity contribution < 1.29 is 4.79 Å². The summed E-state index contributed by atoms with van der Waals surface area (Å²) in [5, 5.41) is 0. The molecule has 0 atom stereocenters. The fraction of sp³-hybridized carbons (Fsp3) is 0.562. The smallest absolute Gasteiger partial charge is 0.149 e. The normalized spacial score (nSPS) is 16.4. The van der Waals surface area contributed by atoms with Crippen molar-refractivity contribution in [1.82, 2.24) is 4.90 Å². The van der Waals surface area contributed by atoms with Gasteiger partial charge in [-0.05, 0) is 32.4 Å². The largest absolute Gasteiger partial charge is 0.298 e. The third-order valence-electron chi connectivity index (χ3n) is 3.81. The van der Waals surface area contributed by atoms with Gasteiger partial charge in [0.25, 0.3) is 0 Å². The Morgan fingerprint density at radius 3 is 2.44 bits per heavy atom. The number of hydrogen-bond donors (Lipinski definition) is 0. The van der Waals surface area contributed by atoms with E-state index in [9.17, 15) is 4.79 Å². The highest BCUT2D eigenvalue weighted by atomic mass is 16.1. The third kappa shape index (κ3) is 3.67. The Bertz CT molecular complexity index is 390. The molecule has 0 amide bonds. The number of benzene rings is 1. The van der Waals surface area contributed by atoms with Crippen molar-refractivity contribution in [3.63, 3.8) is 0 Å². The van der Waals surface area contributed by atoms with Crippen LogP contribution in [0.1, 0.15) is 36.8 Å². The average Bonchev–Trinajstić information content (AvgIpc) is 2.85. The molecular formula is C16H23NO. The van der Waals surface area contributed by atoms with Crippen LogP contribution in [0, 0.1) is 12.8 Å². The molecule has 0 radical (unpaired) electrons.